The molecule has 2 unspecified atom stereocenters. The van der Waals surface area contributed by atoms with E-state index in [9.17, 15) is 38.5 Å². The van der Waals surface area contributed by atoms with Gasteiger partial charge in [-0.2, -0.15) is 9.29 Å². The molecule has 19 nitrogen and oxygen atoms in total. The van der Waals surface area contributed by atoms with Gasteiger partial charge in [0, 0.05) is 22.6 Å². The molecule has 2 aromatic rings. The van der Waals surface area contributed by atoms with Gasteiger partial charge in [0.15, 0.2) is 21.2 Å². The third kappa shape index (κ3) is 6.24. The molecule has 0 spiro atoms. The van der Waals surface area contributed by atoms with Crippen LogP contribution in [0.25, 0.3) is 11.2 Å². The van der Waals surface area contributed by atoms with Gasteiger partial charge in [0.1, 0.15) is 18.3 Å². The first-order valence-corrected chi connectivity index (χ1v) is 14.1. The Morgan fingerprint density at radius 3 is 2.42 bits per heavy atom. The van der Waals surface area contributed by atoms with E-state index in [-0.39, 0.29) is 20.9 Å². The number of hydrogen-bond donors (Lipinski definition) is 9. The Balaban J connectivity index is 1.77. The number of aliphatic hydroxyl groups is 2. The Kier molecular flexibility index (Phi) is 7.56. The van der Waals surface area contributed by atoms with Crippen LogP contribution in [0.5, 0.6) is 0 Å². The van der Waals surface area contributed by atoms with E-state index in [1.165, 1.54) is 0 Å². The molecule has 3 heterocycles. The van der Waals surface area contributed by atoms with Crippen LogP contribution in [-0.2, 0) is 27.3 Å². The summed E-state index contributed by atoms with van der Waals surface area (Å²) in [6.45, 7) is -0.988. The highest BCUT2D eigenvalue weighted by Crippen LogP contribution is 2.61. The maximum atomic E-state index is 12.0. The third-order valence-electron chi connectivity index (χ3n) is 3.99. The topological polar surface area (TPSA) is 302 Å². The normalized spacial score (nSPS) is 27.5. The van der Waals surface area contributed by atoms with Crippen molar-refractivity contribution in [2.75, 3.05) is 12.3 Å². The van der Waals surface area contributed by atoms with E-state index < -0.39 is 60.0 Å². The number of ether oxygens (including phenoxy) is 1. The van der Waals surface area contributed by atoms with E-state index in [2.05, 4.69) is 23.8 Å². The number of fused-ring (bicyclic) bond motifs is 1. The molecular weight excluding hydrogens is 632 g/mol. The SMILES string of the molecule is Nc1nc2c(nc(I)n2[C@@H]2O[C@H](COP(=O)(O)OP(=O)(O)NP(=O)(O)O)[C@@H](O)[C@H]2O)c(=O)[nH]1. The maximum absolute atomic E-state index is 12.0. The van der Waals surface area contributed by atoms with Crippen molar-refractivity contribution in [2.24, 2.45) is 0 Å². The smallest absolute Gasteiger partial charge is 0.387 e. The summed E-state index contributed by atoms with van der Waals surface area (Å²) in [5.74, 6) is -0.270. The number of hydrogen-bond acceptors (Lipinski definition) is 12. The monoisotopic (exact) mass is 648 g/mol. The quantitative estimate of drug-likeness (QED) is 0.0837. The fraction of sp³-hybridized carbons (Fsp3) is 0.500. The molecule has 10 N–H and O–H groups in total. The molecule has 2 aromatic heterocycles. The second kappa shape index (κ2) is 9.32. The minimum Gasteiger partial charge on any atom is -0.387 e. The number of anilines is 1. The molecule has 3 rings (SSSR count). The Morgan fingerprint density at radius 2 is 1.82 bits per heavy atom. The van der Waals surface area contributed by atoms with Crippen molar-refractivity contribution in [3.05, 3.63) is 14.2 Å². The Labute approximate surface area is 195 Å². The summed E-state index contributed by atoms with van der Waals surface area (Å²) in [7, 11) is -16.2. The van der Waals surface area contributed by atoms with E-state index in [4.69, 9.17) is 20.3 Å². The fourth-order valence-corrected chi connectivity index (χ4v) is 6.97. The van der Waals surface area contributed by atoms with E-state index in [0.29, 0.717) is 0 Å². The van der Waals surface area contributed by atoms with Crippen molar-refractivity contribution in [3.8, 4) is 0 Å². The second-order valence-corrected chi connectivity index (χ2v) is 12.2. The highest BCUT2D eigenvalue weighted by Gasteiger charge is 2.47. The van der Waals surface area contributed by atoms with Crippen LogP contribution in [0.15, 0.2) is 4.79 Å². The molecule has 0 aromatic carbocycles. The van der Waals surface area contributed by atoms with Crippen LogP contribution >= 0.6 is 45.9 Å². The lowest BCUT2D eigenvalue weighted by molar-refractivity contribution is -0.0513. The lowest BCUT2D eigenvalue weighted by Crippen LogP contribution is -2.33. The molecule has 1 aliphatic rings. The van der Waals surface area contributed by atoms with E-state index in [1.807, 2.05) is 0 Å². The number of phosphoric ester groups is 1. The number of phosphoric acid groups is 1. The summed E-state index contributed by atoms with van der Waals surface area (Å²) in [5, 5.41) is 20.6. The molecule has 0 saturated carbocycles. The Hall–Kier alpha value is -0.830. The number of nitrogens with two attached hydrogens (primary N) is 1. The van der Waals surface area contributed by atoms with Crippen LogP contribution in [0.4, 0.5) is 5.95 Å². The number of aromatic nitrogens is 4. The van der Waals surface area contributed by atoms with Crippen LogP contribution in [0.1, 0.15) is 6.23 Å². The molecule has 1 aliphatic heterocycles. The van der Waals surface area contributed by atoms with Crippen LogP contribution in [0, 0.1) is 3.83 Å². The maximum Gasteiger partial charge on any atom is 0.480 e. The van der Waals surface area contributed by atoms with E-state index in [1.54, 1.807) is 22.6 Å². The predicted molar refractivity (Wildman–Crippen MR) is 113 cm³/mol. The minimum absolute atomic E-state index is 0.0978. The largest absolute Gasteiger partial charge is 0.480 e. The molecule has 6 atom stereocenters. The Morgan fingerprint density at radius 1 is 1.18 bits per heavy atom. The zero-order chi connectivity index (χ0) is 24.9. The fourth-order valence-electron chi connectivity index (χ4n) is 2.79. The van der Waals surface area contributed by atoms with Crippen molar-refractivity contribution < 1.29 is 57.1 Å². The standard InChI is InChI=1S/C10H16IN6O13P3/c11-9-13-3-6(14-10(12)15-7(3)20)17(9)8-5(19)4(18)2(29-8)1-28-33(26,27)30-32(24,25)16-31(21,22)23/h2,4-5,8,18-19H,1H2,(H,26,27)(H3,12,14,15,20)(H4,16,21,22,23,24,25)/t2-,4-,5-,8-/m1/s1. The summed E-state index contributed by atoms with van der Waals surface area (Å²) in [6.07, 6.45) is -6.37. The number of aromatic amines is 1. The van der Waals surface area contributed by atoms with Crippen molar-refractivity contribution in [1.29, 1.82) is 0 Å². The van der Waals surface area contributed by atoms with Gasteiger partial charge >= 0.3 is 23.3 Å². The number of nitrogen functional groups attached to an aromatic ring is 1. The average Bonchev–Trinajstić information content (AvgIpc) is 3.07. The summed E-state index contributed by atoms with van der Waals surface area (Å²) in [4.78, 5) is 59.0. The van der Waals surface area contributed by atoms with Gasteiger partial charge in [-0.15, -0.1) is 4.86 Å². The van der Waals surface area contributed by atoms with Gasteiger partial charge < -0.3 is 40.3 Å². The second-order valence-electron chi connectivity index (χ2n) is 6.43. The number of nitrogens with one attached hydrogen (secondary N) is 2. The molecular formula is C10H16IN6O13P3. The highest BCUT2D eigenvalue weighted by atomic mass is 127. The van der Waals surface area contributed by atoms with Crippen molar-refractivity contribution in [2.45, 2.75) is 24.5 Å². The number of aliphatic hydroxyl groups excluding tert-OH is 2. The molecule has 0 bridgehead atoms. The average molecular weight is 648 g/mol. The molecule has 0 aliphatic carbocycles. The number of imidazole rings is 1. The molecule has 1 fully saturated rings. The van der Waals surface area contributed by atoms with E-state index >= 15 is 0 Å². The molecule has 33 heavy (non-hydrogen) atoms. The molecule has 0 amide bonds. The van der Waals surface area contributed by atoms with Crippen LogP contribution in [-0.4, -0.2) is 74.2 Å². The number of rotatable bonds is 8. The highest BCUT2D eigenvalue weighted by molar-refractivity contribution is 14.1. The van der Waals surface area contributed by atoms with Gasteiger partial charge in [-0.3, -0.25) is 18.9 Å². The van der Waals surface area contributed by atoms with Crippen molar-refractivity contribution >= 4 is 63.0 Å². The summed E-state index contributed by atoms with van der Waals surface area (Å²) >= 11 is 1.70. The zero-order valence-electron chi connectivity index (χ0n) is 15.7. The summed E-state index contributed by atoms with van der Waals surface area (Å²) in [6, 6.07) is 0. The zero-order valence-corrected chi connectivity index (χ0v) is 20.5. The first-order chi connectivity index (χ1) is 15.0. The van der Waals surface area contributed by atoms with Gasteiger partial charge in [0.2, 0.25) is 5.95 Å². The van der Waals surface area contributed by atoms with Crippen molar-refractivity contribution in [1.82, 2.24) is 24.4 Å². The van der Waals surface area contributed by atoms with Crippen LogP contribution in [0.2, 0.25) is 0 Å². The lowest BCUT2D eigenvalue weighted by Gasteiger charge is -2.20. The summed E-state index contributed by atoms with van der Waals surface area (Å²) in [5.41, 5.74) is 4.59. The minimum atomic E-state index is -5.49. The van der Waals surface area contributed by atoms with Gasteiger partial charge in [0.25, 0.3) is 5.56 Å². The third-order valence-corrected chi connectivity index (χ3v) is 8.99. The molecule has 0 radical (unpaired) electrons. The molecule has 186 valence electrons. The van der Waals surface area contributed by atoms with Gasteiger partial charge in [-0.1, -0.05) is 0 Å². The number of H-pyrrole nitrogens is 1. The first-order valence-electron chi connectivity index (χ1n) is 8.31. The molecule has 1 saturated heterocycles. The predicted octanol–water partition coefficient (Wildman–Crippen LogP) is -2.16. The lowest BCUT2D eigenvalue weighted by atomic mass is 10.1. The van der Waals surface area contributed by atoms with Gasteiger partial charge in [-0.05, 0) is 0 Å². The number of nitrogens with zero attached hydrogens (tertiary/aromatic N) is 3. The first kappa shape index (κ1) is 26.8. The van der Waals surface area contributed by atoms with Crippen LogP contribution in [0.3, 0.4) is 0 Å². The van der Waals surface area contributed by atoms with Crippen LogP contribution < -0.4 is 16.2 Å². The molecule has 23 heteroatoms. The van der Waals surface area contributed by atoms with Gasteiger partial charge in [0.05, 0.1) is 6.61 Å². The van der Waals surface area contributed by atoms with E-state index in [0.717, 1.165) is 9.42 Å². The van der Waals surface area contributed by atoms with Gasteiger partial charge in [-0.25, -0.2) is 18.7 Å². The number of halogens is 1. The Bertz CT molecular complexity index is 1260. The van der Waals surface area contributed by atoms with Crippen molar-refractivity contribution in [3.63, 3.8) is 0 Å². The summed E-state index contributed by atoms with van der Waals surface area (Å²) < 4.78 is 49.1.